The summed E-state index contributed by atoms with van der Waals surface area (Å²) in [7, 11) is 0. The number of nitrogens with one attached hydrogen (secondary N) is 1. The molecule has 2 rings (SSSR count). The number of thiophene rings is 2. The van der Waals surface area contributed by atoms with Crippen molar-refractivity contribution in [2.45, 2.75) is 6.04 Å². The van der Waals surface area contributed by atoms with Crippen LogP contribution >= 0.6 is 50.2 Å². The van der Waals surface area contributed by atoms with Crippen molar-refractivity contribution < 1.29 is 0 Å². The lowest BCUT2D eigenvalue weighted by Gasteiger charge is -2.11. The lowest BCUT2D eigenvalue weighted by atomic mass is 10.2. The summed E-state index contributed by atoms with van der Waals surface area (Å²) in [6.07, 6.45) is 0. The van der Waals surface area contributed by atoms with Crippen LogP contribution in [-0.2, 0) is 0 Å². The van der Waals surface area contributed by atoms with Gasteiger partial charge in [-0.2, -0.15) is 0 Å². The largest absolute Gasteiger partial charge is 0.271 e. The molecule has 0 saturated heterocycles. The Morgan fingerprint density at radius 1 is 1.20 bits per heavy atom. The van der Waals surface area contributed by atoms with Gasteiger partial charge in [-0.25, -0.2) is 5.43 Å². The van der Waals surface area contributed by atoms with Gasteiger partial charge in [0, 0.05) is 9.75 Å². The van der Waals surface area contributed by atoms with Crippen LogP contribution in [0.15, 0.2) is 28.1 Å². The number of halogens is 2. The first-order chi connectivity index (χ1) is 7.20. The second-order valence-corrected chi connectivity index (χ2v) is 7.12. The van der Waals surface area contributed by atoms with Crippen molar-refractivity contribution >= 4 is 50.2 Å². The van der Waals surface area contributed by atoms with Gasteiger partial charge in [-0.1, -0.05) is 11.6 Å². The van der Waals surface area contributed by atoms with Gasteiger partial charge in [0.05, 0.1) is 14.2 Å². The van der Waals surface area contributed by atoms with Gasteiger partial charge >= 0.3 is 0 Å². The van der Waals surface area contributed by atoms with Gasteiger partial charge in [0.1, 0.15) is 0 Å². The van der Waals surface area contributed by atoms with Crippen LogP contribution in [0.2, 0.25) is 4.34 Å². The number of hydrogen-bond acceptors (Lipinski definition) is 4. The molecule has 2 nitrogen and oxygen atoms in total. The van der Waals surface area contributed by atoms with Crippen LogP contribution in [0.3, 0.4) is 0 Å². The van der Waals surface area contributed by atoms with Gasteiger partial charge in [0.2, 0.25) is 0 Å². The third-order valence-corrected chi connectivity index (χ3v) is 4.91. The molecule has 6 heteroatoms. The zero-order valence-corrected chi connectivity index (χ0v) is 11.5. The van der Waals surface area contributed by atoms with E-state index in [1.54, 1.807) is 11.3 Å². The van der Waals surface area contributed by atoms with Crippen molar-refractivity contribution in [3.05, 3.63) is 42.1 Å². The molecule has 1 atom stereocenters. The highest BCUT2D eigenvalue weighted by atomic mass is 79.9. The van der Waals surface area contributed by atoms with E-state index >= 15 is 0 Å². The van der Waals surface area contributed by atoms with Crippen molar-refractivity contribution in [2.75, 3.05) is 0 Å². The van der Waals surface area contributed by atoms with E-state index in [0.29, 0.717) is 0 Å². The smallest absolute Gasteiger partial charge is 0.0931 e. The average molecular weight is 324 g/mol. The molecule has 2 aromatic heterocycles. The van der Waals surface area contributed by atoms with Gasteiger partial charge in [0.15, 0.2) is 0 Å². The Labute approximate surface area is 109 Å². The molecule has 2 heterocycles. The minimum atomic E-state index is 0.0267. The summed E-state index contributed by atoms with van der Waals surface area (Å²) in [4.78, 5) is 2.29. The fourth-order valence-electron chi connectivity index (χ4n) is 1.27. The summed E-state index contributed by atoms with van der Waals surface area (Å²) >= 11 is 12.5. The lowest BCUT2D eigenvalue weighted by Crippen LogP contribution is -2.27. The van der Waals surface area contributed by atoms with Crippen LogP contribution in [0.4, 0.5) is 0 Å². The van der Waals surface area contributed by atoms with Crippen LogP contribution in [0.1, 0.15) is 15.8 Å². The molecule has 0 aliphatic carbocycles. The van der Waals surface area contributed by atoms with E-state index in [1.165, 1.54) is 16.2 Å². The van der Waals surface area contributed by atoms with Gasteiger partial charge in [0.25, 0.3) is 0 Å². The Hall–Kier alpha value is 0.0900. The molecule has 0 saturated carbocycles. The monoisotopic (exact) mass is 322 g/mol. The molecular weight excluding hydrogens is 316 g/mol. The zero-order chi connectivity index (χ0) is 10.8. The summed E-state index contributed by atoms with van der Waals surface area (Å²) in [5, 5.41) is 0. The van der Waals surface area contributed by atoms with Gasteiger partial charge in [-0.05, 0) is 40.2 Å². The quantitative estimate of drug-likeness (QED) is 0.666. The molecule has 1 unspecified atom stereocenters. The number of hydrogen-bond donors (Lipinski definition) is 2. The van der Waals surface area contributed by atoms with Crippen molar-refractivity contribution in [3.8, 4) is 0 Å². The number of nitrogens with two attached hydrogens (primary N) is 1. The normalized spacial score (nSPS) is 13.0. The number of rotatable bonds is 3. The van der Waals surface area contributed by atoms with Gasteiger partial charge < -0.3 is 0 Å². The lowest BCUT2D eigenvalue weighted by molar-refractivity contribution is 0.656. The van der Waals surface area contributed by atoms with Crippen molar-refractivity contribution in [1.82, 2.24) is 5.43 Å². The summed E-state index contributed by atoms with van der Waals surface area (Å²) in [6.45, 7) is 0. The molecule has 80 valence electrons. The Morgan fingerprint density at radius 3 is 2.33 bits per heavy atom. The molecular formula is C9H8BrClN2S2. The summed E-state index contributed by atoms with van der Waals surface area (Å²) in [5.41, 5.74) is 2.80. The summed E-state index contributed by atoms with van der Waals surface area (Å²) in [6, 6.07) is 7.96. The molecule has 0 aliphatic heterocycles. The molecule has 3 N–H and O–H groups in total. The summed E-state index contributed by atoms with van der Waals surface area (Å²) < 4.78 is 1.88. The van der Waals surface area contributed by atoms with E-state index in [9.17, 15) is 0 Å². The molecule has 0 spiro atoms. The molecule has 0 radical (unpaired) electrons. The average Bonchev–Trinajstić information content (AvgIpc) is 2.78. The first kappa shape index (κ1) is 11.6. The van der Waals surface area contributed by atoms with E-state index < -0.39 is 0 Å². The van der Waals surface area contributed by atoms with Crippen molar-refractivity contribution in [2.24, 2.45) is 5.84 Å². The first-order valence-electron chi connectivity index (χ1n) is 4.17. The van der Waals surface area contributed by atoms with E-state index in [4.69, 9.17) is 17.4 Å². The highest BCUT2D eigenvalue weighted by molar-refractivity contribution is 9.11. The van der Waals surface area contributed by atoms with Crippen LogP contribution in [-0.4, -0.2) is 0 Å². The fraction of sp³-hybridized carbons (Fsp3) is 0.111. The molecule has 15 heavy (non-hydrogen) atoms. The molecule has 2 aromatic rings. The highest BCUT2D eigenvalue weighted by Gasteiger charge is 2.16. The van der Waals surface area contributed by atoms with E-state index in [0.717, 1.165) is 13.0 Å². The maximum absolute atomic E-state index is 5.90. The zero-order valence-electron chi connectivity index (χ0n) is 7.54. The SMILES string of the molecule is NNC(c1ccc(Cl)s1)c1ccc(Br)s1. The van der Waals surface area contributed by atoms with Crippen LogP contribution in [0.25, 0.3) is 0 Å². The third-order valence-electron chi connectivity index (χ3n) is 1.92. The second kappa shape index (κ2) is 4.95. The first-order valence-corrected chi connectivity index (χ1v) is 6.97. The maximum Gasteiger partial charge on any atom is 0.0931 e. The molecule has 0 aliphatic rings. The predicted molar refractivity (Wildman–Crippen MR) is 70.5 cm³/mol. The van der Waals surface area contributed by atoms with Crippen LogP contribution in [0.5, 0.6) is 0 Å². The number of hydrazine groups is 1. The van der Waals surface area contributed by atoms with Crippen LogP contribution < -0.4 is 11.3 Å². The van der Waals surface area contributed by atoms with Gasteiger partial charge in [-0.3, -0.25) is 5.84 Å². The Bertz CT molecular complexity index is 414. The minimum absolute atomic E-state index is 0.0267. The van der Waals surface area contributed by atoms with Crippen molar-refractivity contribution in [3.63, 3.8) is 0 Å². The standard InChI is InChI=1S/C9H8BrClN2S2/c10-7-3-1-5(14-7)9(13-12)6-2-4-8(11)15-6/h1-4,9,13H,12H2. The minimum Gasteiger partial charge on any atom is -0.271 e. The fourth-order valence-corrected chi connectivity index (χ4v) is 3.99. The van der Waals surface area contributed by atoms with Gasteiger partial charge in [-0.15, -0.1) is 22.7 Å². The van der Waals surface area contributed by atoms with Crippen LogP contribution in [0, 0.1) is 0 Å². The summed E-state index contributed by atoms with van der Waals surface area (Å²) in [5.74, 6) is 5.56. The molecule has 0 bridgehead atoms. The topological polar surface area (TPSA) is 38.0 Å². The van der Waals surface area contributed by atoms with E-state index in [-0.39, 0.29) is 6.04 Å². The Morgan fingerprint density at radius 2 is 1.87 bits per heavy atom. The highest BCUT2D eigenvalue weighted by Crippen LogP contribution is 2.35. The Kier molecular flexibility index (Phi) is 3.82. The second-order valence-electron chi connectivity index (χ2n) is 2.88. The predicted octanol–water partition coefficient (Wildman–Crippen LogP) is 3.78. The third kappa shape index (κ3) is 2.61. The van der Waals surface area contributed by atoms with E-state index in [1.807, 2.05) is 24.3 Å². The maximum atomic E-state index is 5.90. The molecule has 0 amide bonds. The van der Waals surface area contributed by atoms with E-state index in [2.05, 4.69) is 21.4 Å². The molecule has 0 aromatic carbocycles. The van der Waals surface area contributed by atoms with Crippen molar-refractivity contribution in [1.29, 1.82) is 0 Å². The molecule has 0 fully saturated rings. The Balaban J connectivity index is 2.32.